The zero-order valence-corrected chi connectivity index (χ0v) is 11.6. The van der Waals surface area contributed by atoms with Crippen molar-refractivity contribution in [3.8, 4) is 0 Å². The van der Waals surface area contributed by atoms with Gasteiger partial charge >= 0.3 is 0 Å². The number of hydrogen-bond acceptors (Lipinski definition) is 3. The molecule has 0 unspecified atom stereocenters. The van der Waals surface area contributed by atoms with Gasteiger partial charge in [0.1, 0.15) is 5.69 Å². The summed E-state index contributed by atoms with van der Waals surface area (Å²) in [5.74, 6) is 0. The van der Waals surface area contributed by atoms with Gasteiger partial charge in [-0.15, -0.1) is 0 Å². The minimum Gasteiger partial charge on any atom is -0.261 e. The van der Waals surface area contributed by atoms with Crippen LogP contribution in [-0.4, -0.2) is 15.7 Å². The number of nitrogens with zero attached hydrogens (tertiary/aromatic N) is 3. The first-order chi connectivity index (χ1) is 8.18. The van der Waals surface area contributed by atoms with Crippen LogP contribution in [0.5, 0.6) is 0 Å². The molecule has 2 rings (SSSR count). The Hall–Kier alpha value is -1.54. The molecule has 3 nitrogen and oxygen atoms in total. The molecule has 1 heterocycles. The molecule has 18 heavy (non-hydrogen) atoms. The monoisotopic (exact) mass is 283 g/mol. The van der Waals surface area contributed by atoms with Crippen molar-refractivity contribution in [3.63, 3.8) is 0 Å². The van der Waals surface area contributed by atoms with Crippen molar-refractivity contribution >= 4 is 11.4 Å². The van der Waals surface area contributed by atoms with Crippen LogP contribution in [0.1, 0.15) is 23.7 Å². The SMILES string of the molecule is CC(=Nc1c(C)cccc1C)c1cnccn1.[Ni]. The predicted octanol–water partition coefficient (Wildman–Crippen LogP) is 3.23. The molecule has 0 bridgehead atoms. The van der Waals surface area contributed by atoms with E-state index in [4.69, 9.17) is 0 Å². The first-order valence-electron chi connectivity index (χ1n) is 5.56. The first-order valence-corrected chi connectivity index (χ1v) is 5.56. The number of benzene rings is 1. The third-order valence-electron chi connectivity index (χ3n) is 2.65. The van der Waals surface area contributed by atoms with Crippen molar-refractivity contribution in [3.05, 3.63) is 53.6 Å². The second-order valence-electron chi connectivity index (χ2n) is 4.03. The van der Waals surface area contributed by atoms with Crippen LogP contribution in [0.25, 0.3) is 0 Å². The summed E-state index contributed by atoms with van der Waals surface area (Å²) in [6.45, 7) is 6.08. The summed E-state index contributed by atoms with van der Waals surface area (Å²) in [7, 11) is 0. The molecule has 2 aromatic rings. The molecule has 0 amide bonds. The molecular formula is C14H15N3Ni. The third kappa shape index (κ3) is 3.24. The van der Waals surface area contributed by atoms with Crippen molar-refractivity contribution in [2.75, 3.05) is 0 Å². The van der Waals surface area contributed by atoms with E-state index >= 15 is 0 Å². The van der Waals surface area contributed by atoms with Crippen molar-refractivity contribution in [1.82, 2.24) is 9.97 Å². The number of hydrogen-bond donors (Lipinski definition) is 0. The van der Waals surface area contributed by atoms with Gasteiger partial charge in [0.05, 0.1) is 17.6 Å². The molecule has 96 valence electrons. The molecule has 0 aliphatic carbocycles. The van der Waals surface area contributed by atoms with Crippen molar-refractivity contribution in [2.24, 2.45) is 4.99 Å². The van der Waals surface area contributed by atoms with E-state index in [1.54, 1.807) is 18.6 Å². The van der Waals surface area contributed by atoms with Gasteiger partial charge in [0.25, 0.3) is 0 Å². The summed E-state index contributed by atoms with van der Waals surface area (Å²) >= 11 is 0. The quantitative estimate of drug-likeness (QED) is 0.627. The van der Waals surface area contributed by atoms with E-state index < -0.39 is 0 Å². The zero-order chi connectivity index (χ0) is 12.3. The molecule has 0 N–H and O–H groups in total. The molecule has 0 fully saturated rings. The van der Waals surface area contributed by atoms with E-state index in [1.165, 1.54) is 11.1 Å². The number of para-hydroxylation sites is 1. The van der Waals surface area contributed by atoms with Gasteiger partial charge in [-0.3, -0.25) is 15.0 Å². The molecule has 4 heteroatoms. The predicted molar refractivity (Wildman–Crippen MR) is 69.8 cm³/mol. The van der Waals surface area contributed by atoms with E-state index in [1.807, 2.05) is 13.0 Å². The second kappa shape index (κ2) is 6.41. The first kappa shape index (κ1) is 14.5. The fourth-order valence-electron chi connectivity index (χ4n) is 1.69. The Morgan fingerprint density at radius 2 is 1.78 bits per heavy atom. The Morgan fingerprint density at radius 3 is 2.33 bits per heavy atom. The number of aliphatic imine (C=N–C) groups is 1. The van der Waals surface area contributed by atoms with Crippen molar-refractivity contribution < 1.29 is 16.5 Å². The van der Waals surface area contributed by atoms with Crippen LogP contribution < -0.4 is 0 Å². The maximum atomic E-state index is 4.64. The smallest absolute Gasteiger partial charge is 0.102 e. The molecule has 0 aliphatic rings. The minimum absolute atomic E-state index is 0. The summed E-state index contributed by atoms with van der Waals surface area (Å²) in [4.78, 5) is 12.9. The van der Waals surface area contributed by atoms with Gasteiger partial charge in [0.15, 0.2) is 0 Å². The Balaban J connectivity index is 0.00000162. The van der Waals surface area contributed by atoms with E-state index in [0.717, 1.165) is 17.1 Å². The zero-order valence-electron chi connectivity index (χ0n) is 10.6. The normalized spacial score (nSPS) is 10.9. The average molecular weight is 284 g/mol. The van der Waals surface area contributed by atoms with E-state index in [2.05, 4.69) is 40.9 Å². The van der Waals surface area contributed by atoms with Crippen LogP contribution in [0.3, 0.4) is 0 Å². The van der Waals surface area contributed by atoms with E-state index in [9.17, 15) is 0 Å². The molecule has 0 spiro atoms. The van der Waals surface area contributed by atoms with Gasteiger partial charge < -0.3 is 0 Å². The third-order valence-corrected chi connectivity index (χ3v) is 2.65. The van der Waals surface area contributed by atoms with Crippen LogP contribution in [-0.2, 0) is 16.5 Å². The second-order valence-corrected chi connectivity index (χ2v) is 4.03. The summed E-state index contributed by atoms with van der Waals surface area (Å²) in [5.41, 5.74) is 5.07. The van der Waals surface area contributed by atoms with Crippen molar-refractivity contribution in [1.29, 1.82) is 0 Å². The van der Waals surface area contributed by atoms with Gasteiger partial charge in [-0.25, -0.2) is 0 Å². The summed E-state index contributed by atoms with van der Waals surface area (Å²) < 4.78 is 0. The summed E-state index contributed by atoms with van der Waals surface area (Å²) in [6.07, 6.45) is 5.07. The molecule has 1 aromatic carbocycles. The molecule has 0 atom stereocenters. The van der Waals surface area contributed by atoms with Gasteiger partial charge in [-0.05, 0) is 31.9 Å². The molecule has 0 saturated heterocycles. The Kier molecular flexibility index (Phi) is 5.17. The van der Waals surface area contributed by atoms with E-state index in [-0.39, 0.29) is 16.5 Å². The van der Waals surface area contributed by atoms with Gasteiger partial charge in [0.2, 0.25) is 0 Å². The van der Waals surface area contributed by atoms with Crippen LogP contribution in [0.4, 0.5) is 5.69 Å². The average Bonchev–Trinajstić information content (AvgIpc) is 2.35. The van der Waals surface area contributed by atoms with Gasteiger partial charge in [-0.1, -0.05) is 18.2 Å². The molecule has 0 aliphatic heterocycles. The maximum absolute atomic E-state index is 4.64. The summed E-state index contributed by atoms with van der Waals surface area (Å²) in [6, 6.07) is 6.17. The molecule has 0 saturated carbocycles. The number of rotatable bonds is 2. The van der Waals surface area contributed by atoms with Crippen LogP contribution in [0.15, 0.2) is 41.8 Å². The fourth-order valence-corrected chi connectivity index (χ4v) is 1.69. The van der Waals surface area contributed by atoms with Crippen LogP contribution >= 0.6 is 0 Å². The Labute approximate surface area is 117 Å². The van der Waals surface area contributed by atoms with E-state index in [0.29, 0.717) is 0 Å². The molecule has 0 radical (unpaired) electrons. The molecule has 1 aromatic heterocycles. The number of aryl methyl sites for hydroxylation is 2. The largest absolute Gasteiger partial charge is 0.261 e. The van der Waals surface area contributed by atoms with Crippen LogP contribution in [0, 0.1) is 13.8 Å². The van der Waals surface area contributed by atoms with Crippen LogP contribution in [0.2, 0.25) is 0 Å². The fraction of sp³-hybridized carbons (Fsp3) is 0.214. The maximum Gasteiger partial charge on any atom is 0.102 e. The van der Waals surface area contributed by atoms with Gasteiger partial charge in [0, 0.05) is 28.9 Å². The summed E-state index contributed by atoms with van der Waals surface area (Å²) in [5, 5.41) is 0. The Morgan fingerprint density at radius 1 is 1.11 bits per heavy atom. The Bertz CT molecular complexity index is 530. The molecular weight excluding hydrogens is 269 g/mol. The number of aromatic nitrogens is 2. The van der Waals surface area contributed by atoms with Crippen molar-refractivity contribution in [2.45, 2.75) is 20.8 Å². The van der Waals surface area contributed by atoms with Gasteiger partial charge in [-0.2, -0.15) is 0 Å². The topological polar surface area (TPSA) is 38.1 Å². The minimum atomic E-state index is 0. The standard InChI is InChI=1S/C14H15N3.Ni/c1-10-5-4-6-11(2)14(10)17-12(3)13-9-15-7-8-16-13;/h4-9H,1-3H3;.